The predicted molar refractivity (Wildman–Crippen MR) is 79.5 cm³/mol. The second kappa shape index (κ2) is 6.81. The number of nitrogens with one attached hydrogen (secondary N) is 1. The molecular formula is C16H20N2O. The maximum Gasteiger partial charge on any atom is 0.119 e. The summed E-state index contributed by atoms with van der Waals surface area (Å²) in [6, 6.07) is 16.4. The number of anilines is 1. The number of rotatable bonds is 6. The van der Waals surface area contributed by atoms with Crippen LogP contribution in [0.5, 0.6) is 5.75 Å². The van der Waals surface area contributed by atoms with Crippen molar-refractivity contribution in [3.63, 3.8) is 0 Å². The first kappa shape index (κ1) is 13.4. The fourth-order valence-corrected chi connectivity index (χ4v) is 1.84. The summed E-state index contributed by atoms with van der Waals surface area (Å²) >= 11 is 0. The van der Waals surface area contributed by atoms with Crippen molar-refractivity contribution in [3.05, 3.63) is 59.7 Å². The molecule has 0 aliphatic rings. The standard InChI is InChI=1S/C16H20N2O/c1-13-3-2-4-15(11-13)18-12-14-5-7-16(8-6-14)19-10-9-17/h2-8,11,18H,9-10,12,17H2,1H3. The van der Waals surface area contributed by atoms with E-state index in [4.69, 9.17) is 10.5 Å². The normalized spacial score (nSPS) is 10.2. The number of benzene rings is 2. The van der Waals surface area contributed by atoms with E-state index in [1.807, 2.05) is 12.1 Å². The van der Waals surface area contributed by atoms with Crippen LogP contribution in [-0.4, -0.2) is 13.2 Å². The van der Waals surface area contributed by atoms with Crippen LogP contribution >= 0.6 is 0 Å². The van der Waals surface area contributed by atoms with Gasteiger partial charge in [-0.3, -0.25) is 0 Å². The Morgan fingerprint density at radius 2 is 1.89 bits per heavy atom. The molecule has 0 bridgehead atoms. The van der Waals surface area contributed by atoms with Crippen LogP contribution in [0, 0.1) is 6.92 Å². The van der Waals surface area contributed by atoms with Crippen LogP contribution in [0.25, 0.3) is 0 Å². The van der Waals surface area contributed by atoms with E-state index in [0.29, 0.717) is 13.2 Å². The highest BCUT2D eigenvalue weighted by Gasteiger charge is 1.96. The Morgan fingerprint density at radius 3 is 2.58 bits per heavy atom. The van der Waals surface area contributed by atoms with Crippen molar-refractivity contribution in [3.8, 4) is 5.75 Å². The maximum atomic E-state index is 5.44. The van der Waals surface area contributed by atoms with Gasteiger partial charge in [-0.05, 0) is 42.3 Å². The van der Waals surface area contributed by atoms with Crippen molar-refractivity contribution in [1.82, 2.24) is 0 Å². The molecule has 0 radical (unpaired) electrons. The fourth-order valence-electron chi connectivity index (χ4n) is 1.84. The molecular weight excluding hydrogens is 236 g/mol. The van der Waals surface area contributed by atoms with Crippen molar-refractivity contribution in [1.29, 1.82) is 0 Å². The molecule has 0 aromatic heterocycles. The molecule has 3 nitrogen and oxygen atoms in total. The third-order valence-electron chi connectivity index (χ3n) is 2.82. The number of hydrogen-bond donors (Lipinski definition) is 2. The lowest BCUT2D eigenvalue weighted by molar-refractivity contribution is 0.328. The molecule has 0 aliphatic heterocycles. The van der Waals surface area contributed by atoms with Crippen molar-refractivity contribution < 1.29 is 4.74 Å². The van der Waals surface area contributed by atoms with Crippen LogP contribution in [0.15, 0.2) is 48.5 Å². The zero-order chi connectivity index (χ0) is 13.5. The van der Waals surface area contributed by atoms with Gasteiger partial charge in [0.05, 0.1) is 0 Å². The summed E-state index contributed by atoms with van der Waals surface area (Å²) in [5, 5.41) is 3.40. The molecule has 0 fully saturated rings. The van der Waals surface area contributed by atoms with Crippen molar-refractivity contribution in [2.75, 3.05) is 18.5 Å². The zero-order valence-corrected chi connectivity index (χ0v) is 11.2. The number of nitrogens with two attached hydrogens (primary N) is 1. The molecule has 2 aromatic carbocycles. The van der Waals surface area contributed by atoms with Gasteiger partial charge in [0.2, 0.25) is 0 Å². The second-order valence-electron chi connectivity index (χ2n) is 4.50. The Balaban J connectivity index is 1.89. The first-order chi connectivity index (χ1) is 9.28. The van der Waals surface area contributed by atoms with E-state index < -0.39 is 0 Å². The third-order valence-corrected chi connectivity index (χ3v) is 2.82. The first-order valence-corrected chi connectivity index (χ1v) is 6.50. The Hall–Kier alpha value is -2.00. The summed E-state index contributed by atoms with van der Waals surface area (Å²) in [7, 11) is 0. The van der Waals surface area contributed by atoms with Crippen LogP contribution in [0.3, 0.4) is 0 Å². The molecule has 3 N–H and O–H groups in total. The Kier molecular flexibility index (Phi) is 4.81. The summed E-state index contributed by atoms with van der Waals surface area (Å²) in [5.41, 5.74) is 9.02. The van der Waals surface area contributed by atoms with Gasteiger partial charge in [0.1, 0.15) is 12.4 Å². The minimum Gasteiger partial charge on any atom is -0.492 e. The molecule has 0 heterocycles. The molecule has 0 saturated heterocycles. The van der Waals surface area contributed by atoms with Gasteiger partial charge in [0.25, 0.3) is 0 Å². The molecule has 0 spiro atoms. The molecule has 2 rings (SSSR count). The summed E-state index contributed by atoms with van der Waals surface area (Å²) in [6.45, 7) is 3.99. The Labute approximate surface area is 114 Å². The number of ether oxygens (including phenoxy) is 1. The quantitative estimate of drug-likeness (QED) is 0.835. The molecule has 3 heteroatoms. The van der Waals surface area contributed by atoms with E-state index in [0.717, 1.165) is 18.0 Å². The molecule has 0 saturated carbocycles. The lowest BCUT2D eigenvalue weighted by Crippen LogP contribution is -2.10. The van der Waals surface area contributed by atoms with E-state index in [-0.39, 0.29) is 0 Å². The largest absolute Gasteiger partial charge is 0.492 e. The van der Waals surface area contributed by atoms with Crippen molar-refractivity contribution in [2.24, 2.45) is 5.73 Å². The molecule has 0 atom stereocenters. The lowest BCUT2D eigenvalue weighted by Gasteiger charge is -2.09. The summed E-state index contributed by atoms with van der Waals surface area (Å²) in [4.78, 5) is 0. The van der Waals surface area contributed by atoms with Crippen LogP contribution in [0.4, 0.5) is 5.69 Å². The minimum atomic E-state index is 0.538. The van der Waals surface area contributed by atoms with Gasteiger partial charge in [-0.25, -0.2) is 0 Å². The van der Waals surface area contributed by atoms with Gasteiger partial charge in [-0.15, -0.1) is 0 Å². The van der Waals surface area contributed by atoms with Gasteiger partial charge in [-0.2, -0.15) is 0 Å². The zero-order valence-electron chi connectivity index (χ0n) is 11.2. The SMILES string of the molecule is Cc1cccc(NCc2ccc(OCCN)cc2)c1. The van der Waals surface area contributed by atoms with Gasteiger partial charge in [0, 0.05) is 18.8 Å². The molecule has 100 valence electrons. The highest BCUT2D eigenvalue weighted by molar-refractivity contribution is 5.46. The topological polar surface area (TPSA) is 47.3 Å². The van der Waals surface area contributed by atoms with E-state index >= 15 is 0 Å². The van der Waals surface area contributed by atoms with Gasteiger partial charge >= 0.3 is 0 Å². The maximum absolute atomic E-state index is 5.44. The lowest BCUT2D eigenvalue weighted by atomic mass is 10.2. The first-order valence-electron chi connectivity index (χ1n) is 6.50. The monoisotopic (exact) mass is 256 g/mol. The highest BCUT2D eigenvalue weighted by atomic mass is 16.5. The summed E-state index contributed by atoms with van der Waals surface area (Å²) in [5.74, 6) is 0.866. The second-order valence-corrected chi connectivity index (χ2v) is 4.50. The summed E-state index contributed by atoms with van der Waals surface area (Å²) in [6.07, 6.45) is 0. The van der Waals surface area contributed by atoms with E-state index in [2.05, 4.69) is 48.6 Å². The van der Waals surface area contributed by atoms with Crippen LogP contribution in [0.2, 0.25) is 0 Å². The average Bonchev–Trinajstić information content (AvgIpc) is 2.44. The van der Waals surface area contributed by atoms with Gasteiger partial charge in [-0.1, -0.05) is 24.3 Å². The predicted octanol–water partition coefficient (Wildman–Crippen LogP) is 2.94. The fraction of sp³-hybridized carbons (Fsp3) is 0.250. The van der Waals surface area contributed by atoms with Crippen molar-refractivity contribution >= 4 is 5.69 Å². The number of hydrogen-bond acceptors (Lipinski definition) is 3. The minimum absolute atomic E-state index is 0.538. The smallest absolute Gasteiger partial charge is 0.119 e. The molecule has 2 aromatic rings. The van der Waals surface area contributed by atoms with Crippen LogP contribution < -0.4 is 15.8 Å². The molecule has 0 aliphatic carbocycles. The van der Waals surface area contributed by atoms with Crippen LogP contribution in [-0.2, 0) is 6.54 Å². The van der Waals surface area contributed by atoms with Crippen LogP contribution in [0.1, 0.15) is 11.1 Å². The van der Waals surface area contributed by atoms with Crippen molar-refractivity contribution in [2.45, 2.75) is 13.5 Å². The molecule has 0 unspecified atom stereocenters. The van der Waals surface area contributed by atoms with Gasteiger partial charge < -0.3 is 15.8 Å². The number of aryl methyl sites for hydroxylation is 1. The van der Waals surface area contributed by atoms with E-state index in [1.165, 1.54) is 11.1 Å². The Morgan fingerprint density at radius 1 is 1.11 bits per heavy atom. The third kappa shape index (κ3) is 4.30. The van der Waals surface area contributed by atoms with E-state index in [1.54, 1.807) is 0 Å². The molecule has 0 amide bonds. The highest BCUT2D eigenvalue weighted by Crippen LogP contribution is 2.14. The Bertz CT molecular complexity index is 508. The summed E-state index contributed by atoms with van der Waals surface area (Å²) < 4.78 is 5.44. The molecule has 19 heavy (non-hydrogen) atoms. The van der Waals surface area contributed by atoms with Gasteiger partial charge in [0.15, 0.2) is 0 Å². The average molecular weight is 256 g/mol. The van der Waals surface area contributed by atoms with E-state index in [9.17, 15) is 0 Å².